The van der Waals surface area contributed by atoms with E-state index in [9.17, 15) is 22.0 Å². The number of halogens is 5. The molecule has 2 N–H and O–H groups in total. The van der Waals surface area contributed by atoms with Crippen LogP contribution >= 0.6 is 12.2 Å². The summed E-state index contributed by atoms with van der Waals surface area (Å²) in [7, 11) is 0. The molecular weight excluding hydrogens is 349 g/mol. The first kappa shape index (κ1) is 17.8. The van der Waals surface area contributed by atoms with Crippen molar-refractivity contribution in [2.24, 2.45) is 5.10 Å². The SMILES string of the molecule is Cc1ccccc1NC(=S)N/N=C\c1c(F)c(F)c(F)c(F)c1F. The molecule has 0 aliphatic heterocycles. The Balaban J connectivity index is 2.13. The minimum Gasteiger partial charge on any atom is -0.331 e. The quantitative estimate of drug-likeness (QED) is 0.217. The summed E-state index contributed by atoms with van der Waals surface area (Å²) in [6.07, 6.45) is 0.460. The summed E-state index contributed by atoms with van der Waals surface area (Å²) < 4.78 is 65.9. The number of anilines is 1. The number of thiocarbonyl (C=S) groups is 1. The van der Waals surface area contributed by atoms with Gasteiger partial charge in [0, 0.05) is 5.69 Å². The second-order valence-corrected chi connectivity index (χ2v) is 5.03. The van der Waals surface area contributed by atoms with Crippen LogP contribution in [0.4, 0.5) is 27.6 Å². The Morgan fingerprint density at radius 1 is 0.958 bits per heavy atom. The fourth-order valence-electron chi connectivity index (χ4n) is 1.75. The first-order valence-electron chi connectivity index (χ1n) is 6.50. The number of para-hydroxylation sites is 1. The Kier molecular flexibility index (Phi) is 5.45. The van der Waals surface area contributed by atoms with Crippen molar-refractivity contribution in [3.63, 3.8) is 0 Å². The smallest absolute Gasteiger partial charge is 0.200 e. The predicted octanol–water partition coefficient (Wildman–Crippen LogP) is 4.01. The van der Waals surface area contributed by atoms with Crippen LogP contribution < -0.4 is 10.7 Å². The number of aryl methyl sites for hydroxylation is 1. The molecule has 0 aliphatic carbocycles. The van der Waals surface area contributed by atoms with Gasteiger partial charge in [0.2, 0.25) is 5.82 Å². The summed E-state index contributed by atoms with van der Waals surface area (Å²) in [6, 6.07) is 7.13. The Bertz CT molecular complexity index is 794. The van der Waals surface area contributed by atoms with Gasteiger partial charge in [0.05, 0.1) is 11.8 Å². The third-order valence-corrected chi connectivity index (χ3v) is 3.19. The zero-order valence-electron chi connectivity index (χ0n) is 12.1. The monoisotopic (exact) mass is 359 g/mol. The van der Waals surface area contributed by atoms with E-state index in [1.807, 2.05) is 19.1 Å². The van der Waals surface area contributed by atoms with E-state index in [1.54, 1.807) is 12.1 Å². The van der Waals surface area contributed by atoms with Crippen LogP contribution in [-0.4, -0.2) is 11.3 Å². The van der Waals surface area contributed by atoms with Crippen LogP contribution in [0.25, 0.3) is 0 Å². The van der Waals surface area contributed by atoms with Gasteiger partial charge in [0.1, 0.15) is 0 Å². The van der Waals surface area contributed by atoms with Crippen LogP contribution in [0.1, 0.15) is 11.1 Å². The molecule has 9 heteroatoms. The molecule has 24 heavy (non-hydrogen) atoms. The molecule has 0 aromatic heterocycles. The fraction of sp³-hybridized carbons (Fsp3) is 0.0667. The lowest BCUT2D eigenvalue weighted by atomic mass is 10.2. The van der Waals surface area contributed by atoms with Crippen LogP contribution in [-0.2, 0) is 0 Å². The Hall–Kier alpha value is -2.55. The number of hydrogen-bond donors (Lipinski definition) is 2. The maximum Gasteiger partial charge on any atom is 0.200 e. The van der Waals surface area contributed by atoms with E-state index in [0.29, 0.717) is 11.9 Å². The van der Waals surface area contributed by atoms with Gasteiger partial charge >= 0.3 is 0 Å². The summed E-state index contributed by atoms with van der Waals surface area (Å²) in [4.78, 5) is 0. The maximum absolute atomic E-state index is 13.4. The lowest BCUT2D eigenvalue weighted by Crippen LogP contribution is -2.24. The molecule has 2 rings (SSSR count). The molecule has 2 aromatic carbocycles. The minimum atomic E-state index is -2.23. The van der Waals surface area contributed by atoms with Gasteiger partial charge in [0.25, 0.3) is 0 Å². The van der Waals surface area contributed by atoms with Crippen molar-refractivity contribution in [3.8, 4) is 0 Å². The second kappa shape index (κ2) is 7.35. The number of nitrogens with one attached hydrogen (secondary N) is 2. The van der Waals surface area contributed by atoms with Gasteiger partial charge in [-0.15, -0.1) is 0 Å². The average Bonchev–Trinajstić information content (AvgIpc) is 2.56. The molecule has 0 amide bonds. The predicted molar refractivity (Wildman–Crippen MR) is 84.4 cm³/mol. The van der Waals surface area contributed by atoms with Crippen LogP contribution in [0.2, 0.25) is 0 Å². The molecule has 0 saturated carbocycles. The summed E-state index contributed by atoms with van der Waals surface area (Å²) >= 11 is 4.92. The molecular formula is C15H10F5N3S. The Morgan fingerprint density at radius 2 is 1.50 bits per heavy atom. The summed E-state index contributed by atoms with van der Waals surface area (Å²) in [5.74, 6) is -10.3. The molecule has 2 aromatic rings. The first-order chi connectivity index (χ1) is 11.3. The number of hydrogen-bond acceptors (Lipinski definition) is 2. The average molecular weight is 359 g/mol. The molecule has 0 unspecified atom stereocenters. The zero-order chi connectivity index (χ0) is 17.9. The lowest BCUT2D eigenvalue weighted by Gasteiger charge is -2.09. The Labute approximate surface area is 139 Å². The van der Waals surface area contributed by atoms with E-state index in [2.05, 4.69) is 15.8 Å². The van der Waals surface area contributed by atoms with Crippen LogP contribution in [0.5, 0.6) is 0 Å². The highest BCUT2D eigenvalue weighted by Gasteiger charge is 2.24. The van der Waals surface area contributed by atoms with E-state index >= 15 is 0 Å². The maximum atomic E-state index is 13.4. The lowest BCUT2D eigenvalue weighted by molar-refractivity contribution is 0.377. The van der Waals surface area contributed by atoms with Crippen molar-refractivity contribution in [1.82, 2.24) is 5.43 Å². The first-order valence-corrected chi connectivity index (χ1v) is 6.91. The van der Waals surface area contributed by atoms with Crippen molar-refractivity contribution in [2.75, 3.05) is 5.32 Å². The molecule has 0 spiro atoms. The minimum absolute atomic E-state index is 0.0237. The molecule has 0 bridgehead atoms. The second-order valence-electron chi connectivity index (χ2n) is 4.62. The molecule has 3 nitrogen and oxygen atoms in total. The van der Waals surface area contributed by atoms with Crippen molar-refractivity contribution in [2.45, 2.75) is 6.92 Å². The third-order valence-electron chi connectivity index (χ3n) is 3.00. The standard InChI is InChI=1S/C15H10F5N3S/c1-7-4-2-3-5-9(7)22-15(24)23-21-6-8-10(16)12(18)14(20)13(19)11(8)17/h2-6H,1H3,(H2,22,23,24)/b21-6-. The van der Waals surface area contributed by atoms with E-state index < -0.39 is 34.6 Å². The van der Waals surface area contributed by atoms with Gasteiger partial charge in [-0.1, -0.05) is 18.2 Å². The van der Waals surface area contributed by atoms with E-state index in [4.69, 9.17) is 12.2 Å². The van der Waals surface area contributed by atoms with Crippen LogP contribution in [0.3, 0.4) is 0 Å². The highest BCUT2D eigenvalue weighted by atomic mass is 32.1. The van der Waals surface area contributed by atoms with Gasteiger partial charge in [-0.3, -0.25) is 5.43 Å². The highest BCUT2D eigenvalue weighted by molar-refractivity contribution is 7.80. The third kappa shape index (κ3) is 3.67. The summed E-state index contributed by atoms with van der Waals surface area (Å²) in [5, 5.41) is 6.13. The summed E-state index contributed by atoms with van der Waals surface area (Å²) in [6.45, 7) is 1.82. The van der Waals surface area contributed by atoms with Crippen LogP contribution in [0.15, 0.2) is 29.4 Å². The zero-order valence-corrected chi connectivity index (χ0v) is 12.9. The van der Waals surface area contributed by atoms with E-state index in [-0.39, 0.29) is 5.11 Å². The largest absolute Gasteiger partial charge is 0.331 e. The molecule has 0 saturated heterocycles. The molecule has 0 aliphatic rings. The van der Waals surface area contributed by atoms with E-state index in [1.165, 1.54) is 0 Å². The molecule has 0 heterocycles. The van der Waals surface area contributed by atoms with Gasteiger partial charge < -0.3 is 5.32 Å². The number of benzene rings is 2. The molecule has 0 fully saturated rings. The van der Waals surface area contributed by atoms with Gasteiger partial charge in [-0.05, 0) is 30.8 Å². The van der Waals surface area contributed by atoms with E-state index in [0.717, 1.165) is 5.56 Å². The topological polar surface area (TPSA) is 36.4 Å². The van der Waals surface area contributed by atoms with Crippen molar-refractivity contribution in [1.29, 1.82) is 0 Å². The molecule has 0 radical (unpaired) electrons. The van der Waals surface area contributed by atoms with Gasteiger partial charge in [-0.2, -0.15) is 5.10 Å². The normalized spacial score (nSPS) is 10.9. The van der Waals surface area contributed by atoms with Crippen LogP contribution in [0, 0.1) is 36.0 Å². The summed E-state index contributed by atoms with van der Waals surface area (Å²) in [5.41, 5.74) is 2.61. The molecule has 126 valence electrons. The fourth-order valence-corrected chi connectivity index (χ4v) is 1.92. The van der Waals surface area contributed by atoms with Gasteiger partial charge in [0.15, 0.2) is 28.4 Å². The van der Waals surface area contributed by atoms with Crippen molar-refractivity contribution >= 4 is 29.2 Å². The van der Waals surface area contributed by atoms with Crippen molar-refractivity contribution in [3.05, 3.63) is 64.5 Å². The Morgan fingerprint density at radius 3 is 2.08 bits per heavy atom. The van der Waals surface area contributed by atoms with Crippen molar-refractivity contribution < 1.29 is 22.0 Å². The highest BCUT2D eigenvalue weighted by Crippen LogP contribution is 2.21. The molecule has 0 atom stereocenters. The van der Waals surface area contributed by atoms with Gasteiger partial charge in [-0.25, -0.2) is 22.0 Å². The number of nitrogens with zero attached hydrogens (tertiary/aromatic N) is 1. The number of rotatable bonds is 3. The number of hydrazone groups is 1.